The summed E-state index contributed by atoms with van der Waals surface area (Å²) in [7, 11) is -3.21. The lowest BCUT2D eigenvalue weighted by Crippen LogP contribution is -2.46. The van der Waals surface area contributed by atoms with Crippen molar-refractivity contribution in [1.82, 2.24) is 4.90 Å². The van der Waals surface area contributed by atoms with Crippen LogP contribution >= 0.6 is 15.9 Å². The summed E-state index contributed by atoms with van der Waals surface area (Å²) in [6, 6.07) is 0.160. The summed E-state index contributed by atoms with van der Waals surface area (Å²) in [5.41, 5.74) is 0. The van der Waals surface area contributed by atoms with Gasteiger partial charge < -0.3 is 4.90 Å². The molecule has 88 valence electrons. The van der Waals surface area contributed by atoms with Gasteiger partial charge >= 0.3 is 0 Å². The van der Waals surface area contributed by atoms with Crippen molar-refractivity contribution in [3.63, 3.8) is 0 Å². The fourth-order valence-corrected chi connectivity index (χ4v) is 3.08. The van der Waals surface area contributed by atoms with Gasteiger partial charge in [0, 0.05) is 24.2 Å². The molecular formula is C9H16BrNO3S. The molecule has 1 aliphatic rings. The molecule has 6 heteroatoms. The zero-order valence-electron chi connectivity index (χ0n) is 8.78. The third kappa shape index (κ3) is 4.10. The molecule has 0 bridgehead atoms. The van der Waals surface area contributed by atoms with Gasteiger partial charge in [-0.3, -0.25) is 4.79 Å². The van der Waals surface area contributed by atoms with Gasteiger partial charge in [0.05, 0.1) is 0 Å². The van der Waals surface area contributed by atoms with Crippen LogP contribution in [0.25, 0.3) is 0 Å². The third-order valence-corrected chi connectivity index (χ3v) is 4.03. The number of carbonyl (C=O) groups excluding carboxylic acids is 1. The average molecular weight is 298 g/mol. The Bertz CT molecular complexity index is 328. The molecule has 1 aliphatic heterocycles. The molecule has 1 heterocycles. The molecule has 1 saturated heterocycles. The highest BCUT2D eigenvalue weighted by molar-refractivity contribution is 9.09. The van der Waals surface area contributed by atoms with Crippen LogP contribution in [-0.4, -0.2) is 49.2 Å². The maximum absolute atomic E-state index is 11.7. The molecule has 0 aromatic carbocycles. The van der Waals surface area contributed by atoms with E-state index in [0.29, 0.717) is 6.54 Å². The Morgan fingerprint density at radius 1 is 1.47 bits per heavy atom. The fourth-order valence-electron chi connectivity index (χ4n) is 1.80. The molecular weight excluding hydrogens is 282 g/mol. The predicted octanol–water partition coefficient (Wildman–Crippen LogP) is 0.807. The Morgan fingerprint density at radius 3 is 2.67 bits per heavy atom. The van der Waals surface area contributed by atoms with Gasteiger partial charge in [0.25, 0.3) is 0 Å². The molecule has 0 aromatic heterocycles. The van der Waals surface area contributed by atoms with E-state index in [-0.39, 0.29) is 17.7 Å². The van der Waals surface area contributed by atoms with Crippen LogP contribution in [-0.2, 0) is 14.6 Å². The Hall–Kier alpha value is -0.100. The standard InChI is InChI=1S/C9H16BrNO3S/c1-15(13,14)7-9(12)11-5-3-2-4-8(11)6-10/h8H,2-7H2,1H3. The van der Waals surface area contributed by atoms with Gasteiger partial charge in [-0.05, 0) is 19.3 Å². The second-order valence-corrected chi connectivity index (χ2v) is 6.75. The van der Waals surface area contributed by atoms with Crippen LogP contribution in [0.3, 0.4) is 0 Å². The first-order valence-electron chi connectivity index (χ1n) is 4.97. The first kappa shape index (κ1) is 13.0. The Labute approximate surface area is 99.1 Å². The van der Waals surface area contributed by atoms with Crippen LogP contribution in [0.2, 0.25) is 0 Å². The number of hydrogen-bond donors (Lipinski definition) is 0. The SMILES string of the molecule is CS(=O)(=O)CC(=O)N1CCCCC1CBr. The highest BCUT2D eigenvalue weighted by atomic mass is 79.9. The number of halogens is 1. The predicted molar refractivity (Wildman–Crippen MR) is 62.9 cm³/mol. The van der Waals surface area contributed by atoms with Crippen molar-refractivity contribution in [3.8, 4) is 0 Å². The number of sulfone groups is 1. The lowest BCUT2D eigenvalue weighted by atomic mass is 10.0. The zero-order valence-corrected chi connectivity index (χ0v) is 11.2. The van der Waals surface area contributed by atoms with E-state index >= 15 is 0 Å². The molecule has 1 fully saturated rings. The molecule has 15 heavy (non-hydrogen) atoms. The van der Waals surface area contributed by atoms with E-state index in [1.165, 1.54) is 0 Å². The summed E-state index contributed by atoms with van der Waals surface area (Å²) >= 11 is 3.36. The van der Waals surface area contributed by atoms with E-state index < -0.39 is 9.84 Å². The van der Waals surface area contributed by atoms with Gasteiger partial charge in [-0.2, -0.15) is 0 Å². The van der Waals surface area contributed by atoms with Crippen LogP contribution in [0.1, 0.15) is 19.3 Å². The molecule has 1 amide bonds. The minimum absolute atomic E-state index is 0.160. The Balaban J connectivity index is 2.64. The summed E-state index contributed by atoms with van der Waals surface area (Å²) in [4.78, 5) is 13.4. The normalized spacial score (nSPS) is 22.8. The number of likely N-dealkylation sites (tertiary alicyclic amines) is 1. The van der Waals surface area contributed by atoms with Crippen molar-refractivity contribution in [2.45, 2.75) is 25.3 Å². The maximum atomic E-state index is 11.7. The van der Waals surface area contributed by atoms with Gasteiger partial charge in [-0.25, -0.2) is 8.42 Å². The number of amides is 1. The Morgan fingerprint density at radius 2 is 2.13 bits per heavy atom. The largest absolute Gasteiger partial charge is 0.338 e. The van der Waals surface area contributed by atoms with E-state index in [4.69, 9.17) is 0 Å². The Kier molecular flexibility index (Phi) is 4.58. The first-order valence-corrected chi connectivity index (χ1v) is 8.15. The fraction of sp³-hybridized carbons (Fsp3) is 0.889. The number of alkyl halides is 1. The number of carbonyl (C=O) groups is 1. The number of piperidine rings is 1. The number of nitrogens with zero attached hydrogens (tertiary/aromatic N) is 1. The molecule has 0 spiro atoms. The maximum Gasteiger partial charge on any atom is 0.238 e. The van der Waals surface area contributed by atoms with Crippen molar-refractivity contribution in [2.24, 2.45) is 0 Å². The monoisotopic (exact) mass is 297 g/mol. The lowest BCUT2D eigenvalue weighted by molar-refractivity contribution is -0.131. The second-order valence-electron chi connectivity index (χ2n) is 3.96. The van der Waals surface area contributed by atoms with Crippen LogP contribution in [0, 0.1) is 0 Å². The van der Waals surface area contributed by atoms with Crippen LogP contribution in [0.5, 0.6) is 0 Å². The summed E-state index contributed by atoms with van der Waals surface area (Å²) in [5, 5.41) is 0.725. The van der Waals surface area contributed by atoms with E-state index in [9.17, 15) is 13.2 Å². The van der Waals surface area contributed by atoms with Crippen molar-refractivity contribution in [2.75, 3.05) is 23.9 Å². The molecule has 1 unspecified atom stereocenters. The molecule has 0 aliphatic carbocycles. The first-order chi connectivity index (χ1) is 6.94. The quantitative estimate of drug-likeness (QED) is 0.725. The summed E-state index contributed by atoms with van der Waals surface area (Å²) in [5.74, 6) is -0.627. The molecule has 0 radical (unpaired) electrons. The smallest absolute Gasteiger partial charge is 0.238 e. The molecule has 4 nitrogen and oxygen atoms in total. The van der Waals surface area contributed by atoms with Gasteiger partial charge in [0.15, 0.2) is 9.84 Å². The number of rotatable bonds is 3. The highest BCUT2D eigenvalue weighted by Gasteiger charge is 2.27. The minimum atomic E-state index is -3.21. The average Bonchev–Trinajstić information content (AvgIpc) is 2.15. The van der Waals surface area contributed by atoms with Crippen LogP contribution in [0.15, 0.2) is 0 Å². The van der Waals surface area contributed by atoms with Crippen molar-refractivity contribution >= 4 is 31.7 Å². The molecule has 0 N–H and O–H groups in total. The highest BCUT2D eigenvalue weighted by Crippen LogP contribution is 2.18. The summed E-state index contributed by atoms with van der Waals surface area (Å²) in [6.07, 6.45) is 4.14. The number of hydrogen-bond acceptors (Lipinski definition) is 3. The van der Waals surface area contributed by atoms with Crippen LogP contribution in [0.4, 0.5) is 0 Å². The summed E-state index contributed by atoms with van der Waals surface area (Å²) < 4.78 is 22.0. The van der Waals surface area contributed by atoms with Gasteiger partial charge in [0.1, 0.15) is 5.75 Å². The van der Waals surface area contributed by atoms with E-state index in [1.807, 2.05) is 0 Å². The summed E-state index contributed by atoms with van der Waals surface area (Å²) in [6.45, 7) is 0.685. The topological polar surface area (TPSA) is 54.5 Å². The van der Waals surface area contributed by atoms with Crippen molar-refractivity contribution < 1.29 is 13.2 Å². The molecule has 1 rings (SSSR count). The molecule has 0 saturated carbocycles. The van der Waals surface area contributed by atoms with Crippen LogP contribution < -0.4 is 0 Å². The van der Waals surface area contributed by atoms with E-state index in [2.05, 4.69) is 15.9 Å². The van der Waals surface area contributed by atoms with Gasteiger partial charge in [-0.1, -0.05) is 15.9 Å². The lowest BCUT2D eigenvalue weighted by Gasteiger charge is -2.34. The minimum Gasteiger partial charge on any atom is -0.338 e. The van der Waals surface area contributed by atoms with E-state index in [1.54, 1.807) is 4.90 Å². The van der Waals surface area contributed by atoms with Gasteiger partial charge in [0.2, 0.25) is 5.91 Å². The van der Waals surface area contributed by atoms with E-state index in [0.717, 1.165) is 30.8 Å². The molecule has 0 aromatic rings. The zero-order chi connectivity index (χ0) is 11.5. The second kappa shape index (κ2) is 5.30. The molecule has 1 atom stereocenters. The van der Waals surface area contributed by atoms with Gasteiger partial charge in [-0.15, -0.1) is 0 Å². The third-order valence-electron chi connectivity index (χ3n) is 2.51. The van der Waals surface area contributed by atoms with Crippen molar-refractivity contribution in [1.29, 1.82) is 0 Å². The van der Waals surface area contributed by atoms with Crippen molar-refractivity contribution in [3.05, 3.63) is 0 Å².